The van der Waals surface area contributed by atoms with Crippen molar-refractivity contribution in [3.05, 3.63) is 166 Å². The maximum absolute atomic E-state index is 14.6. The zero-order chi connectivity index (χ0) is 37.4. The lowest BCUT2D eigenvalue weighted by Gasteiger charge is -2.39. The third-order valence-electron chi connectivity index (χ3n) is 9.80. The Balaban J connectivity index is 1.27. The van der Waals surface area contributed by atoms with Gasteiger partial charge < -0.3 is 9.80 Å². The van der Waals surface area contributed by atoms with Crippen LogP contribution >= 0.6 is 0 Å². The lowest BCUT2D eigenvalue weighted by Crippen LogP contribution is -2.56. The number of nitrogens with zero attached hydrogens (tertiary/aromatic N) is 4. The molecule has 1 saturated heterocycles. The number of halogens is 3. The molecule has 1 fully saturated rings. The zero-order valence-corrected chi connectivity index (χ0v) is 30.0. The number of hydrogen-bond acceptors (Lipinski definition) is 4. The molecule has 0 bridgehead atoms. The molecule has 0 aliphatic carbocycles. The molecule has 1 aliphatic rings. The summed E-state index contributed by atoms with van der Waals surface area (Å²) in [5.41, 5.74) is 6.90. The number of carbonyl (C=O) groups excluding carboxylic acids is 2. The van der Waals surface area contributed by atoms with E-state index in [0.29, 0.717) is 38.2 Å². The van der Waals surface area contributed by atoms with Crippen LogP contribution in [0, 0.1) is 13.8 Å². The van der Waals surface area contributed by atoms with E-state index in [4.69, 9.17) is 0 Å². The van der Waals surface area contributed by atoms with Crippen LogP contribution in [0.1, 0.15) is 38.9 Å². The number of hydrogen-bond donors (Lipinski definition) is 0. The standard InChI is InChI=1S/C44H43F3N4O2/c1-32-11-12-37(28-33(32)2)30-49-24-26-50(27-25-49)43(53)41(29-35-8-4-3-5-9-35)51(31-36-13-18-38(19-14-36)40-10-6-7-23-48-40)42(52)22-17-34-15-20-39(21-16-34)44(45,46)47/h3-23,28,41H,24-27,29-31H2,1-2H3/b22-17+/t41-/m0/s1. The quantitative estimate of drug-likeness (QED) is 0.129. The molecule has 5 aromatic rings. The summed E-state index contributed by atoms with van der Waals surface area (Å²) in [6.07, 6.45) is 0.411. The van der Waals surface area contributed by atoms with Crippen LogP contribution in [0.3, 0.4) is 0 Å². The third kappa shape index (κ3) is 9.87. The molecule has 1 atom stereocenters. The lowest BCUT2D eigenvalue weighted by molar-refractivity contribution is -0.145. The third-order valence-corrected chi connectivity index (χ3v) is 9.80. The van der Waals surface area contributed by atoms with E-state index < -0.39 is 23.7 Å². The van der Waals surface area contributed by atoms with Gasteiger partial charge in [0.05, 0.1) is 11.3 Å². The summed E-state index contributed by atoms with van der Waals surface area (Å²) in [6.45, 7) is 7.61. The molecular formula is C44H43F3N4O2. The van der Waals surface area contributed by atoms with E-state index in [1.165, 1.54) is 41.0 Å². The van der Waals surface area contributed by atoms with Crippen molar-refractivity contribution in [1.82, 2.24) is 19.7 Å². The SMILES string of the molecule is Cc1ccc(CN2CCN(C(=O)[C@H](Cc3ccccc3)N(Cc3ccc(-c4ccccn4)cc3)C(=O)/C=C/c3ccc(C(F)(F)F)cc3)CC2)cc1C. The van der Waals surface area contributed by atoms with E-state index in [-0.39, 0.29) is 12.5 Å². The number of aromatic nitrogens is 1. The highest BCUT2D eigenvalue weighted by Gasteiger charge is 2.34. The summed E-state index contributed by atoms with van der Waals surface area (Å²) in [5.74, 6) is -0.553. The first-order valence-corrected chi connectivity index (χ1v) is 17.8. The Morgan fingerprint density at radius 1 is 0.774 bits per heavy atom. The highest BCUT2D eigenvalue weighted by molar-refractivity contribution is 5.95. The Bertz CT molecular complexity index is 2010. The Morgan fingerprint density at radius 3 is 2.09 bits per heavy atom. The van der Waals surface area contributed by atoms with Crippen LogP contribution in [0.2, 0.25) is 0 Å². The second kappa shape index (κ2) is 16.9. The second-order valence-corrected chi connectivity index (χ2v) is 13.6. The molecule has 0 spiro atoms. The molecule has 9 heteroatoms. The molecule has 0 radical (unpaired) electrons. The van der Waals surface area contributed by atoms with Crippen molar-refractivity contribution in [2.24, 2.45) is 0 Å². The molecule has 53 heavy (non-hydrogen) atoms. The van der Waals surface area contributed by atoms with E-state index in [2.05, 4.69) is 41.9 Å². The van der Waals surface area contributed by atoms with Crippen LogP contribution in [0.15, 0.2) is 128 Å². The summed E-state index contributed by atoms with van der Waals surface area (Å²) in [7, 11) is 0. The number of aryl methyl sites for hydroxylation is 2. The summed E-state index contributed by atoms with van der Waals surface area (Å²) in [6, 6.07) is 33.4. The highest BCUT2D eigenvalue weighted by Crippen LogP contribution is 2.29. The predicted molar refractivity (Wildman–Crippen MR) is 202 cm³/mol. The van der Waals surface area contributed by atoms with Crippen molar-refractivity contribution in [2.45, 2.75) is 45.6 Å². The normalized spacial score (nSPS) is 14.3. The highest BCUT2D eigenvalue weighted by atomic mass is 19.4. The van der Waals surface area contributed by atoms with Gasteiger partial charge in [0.2, 0.25) is 11.8 Å². The van der Waals surface area contributed by atoms with E-state index in [0.717, 1.165) is 41.1 Å². The number of carbonyl (C=O) groups is 2. The van der Waals surface area contributed by atoms with Gasteiger partial charge in [-0.3, -0.25) is 19.5 Å². The number of amides is 2. The van der Waals surface area contributed by atoms with Gasteiger partial charge in [-0.2, -0.15) is 13.2 Å². The minimum Gasteiger partial charge on any atom is -0.338 e. The second-order valence-electron chi connectivity index (χ2n) is 13.6. The largest absolute Gasteiger partial charge is 0.416 e. The first-order valence-electron chi connectivity index (χ1n) is 17.8. The van der Waals surface area contributed by atoms with Gasteiger partial charge in [0, 0.05) is 63.5 Å². The molecule has 2 amide bonds. The summed E-state index contributed by atoms with van der Waals surface area (Å²) >= 11 is 0. The van der Waals surface area contributed by atoms with Gasteiger partial charge in [-0.1, -0.05) is 91.0 Å². The van der Waals surface area contributed by atoms with Gasteiger partial charge in [-0.25, -0.2) is 0 Å². The van der Waals surface area contributed by atoms with Gasteiger partial charge >= 0.3 is 6.18 Å². The van der Waals surface area contributed by atoms with Crippen LogP contribution in [0.25, 0.3) is 17.3 Å². The topological polar surface area (TPSA) is 56.8 Å². The van der Waals surface area contributed by atoms with Crippen molar-refractivity contribution in [2.75, 3.05) is 26.2 Å². The van der Waals surface area contributed by atoms with Crippen molar-refractivity contribution in [3.8, 4) is 11.3 Å². The molecular weight excluding hydrogens is 674 g/mol. The summed E-state index contributed by atoms with van der Waals surface area (Å²) < 4.78 is 39.6. The van der Waals surface area contributed by atoms with Crippen LogP contribution in [-0.2, 0) is 35.3 Å². The maximum atomic E-state index is 14.6. The number of benzene rings is 4. The van der Waals surface area contributed by atoms with Gasteiger partial charge in [0.1, 0.15) is 6.04 Å². The fraction of sp³-hybridized carbons (Fsp3) is 0.250. The summed E-state index contributed by atoms with van der Waals surface area (Å²) in [4.78, 5) is 39.1. The average Bonchev–Trinajstić information content (AvgIpc) is 3.17. The predicted octanol–water partition coefficient (Wildman–Crippen LogP) is 8.38. The molecule has 1 aromatic heterocycles. The molecule has 1 aliphatic heterocycles. The Kier molecular flexibility index (Phi) is 11.8. The Labute approximate surface area is 309 Å². The molecule has 0 unspecified atom stereocenters. The van der Waals surface area contributed by atoms with Crippen molar-refractivity contribution in [3.63, 3.8) is 0 Å². The van der Waals surface area contributed by atoms with Gasteiger partial charge in [0.25, 0.3) is 0 Å². The molecule has 6 nitrogen and oxygen atoms in total. The Hall–Kier alpha value is -5.54. The number of alkyl halides is 3. The minimum atomic E-state index is -4.46. The smallest absolute Gasteiger partial charge is 0.338 e. The number of pyridine rings is 1. The van der Waals surface area contributed by atoms with Crippen LogP contribution in [-0.4, -0.2) is 63.7 Å². The first-order chi connectivity index (χ1) is 25.5. The molecule has 0 saturated carbocycles. The van der Waals surface area contributed by atoms with Gasteiger partial charge in [0.15, 0.2) is 0 Å². The molecule has 2 heterocycles. The fourth-order valence-electron chi connectivity index (χ4n) is 6.56. The molecule has 6 rings (SSSR count). The summed E-state index contributed by atoms with van der Waals surface area (Å²) in [5, 5.41) is 0. The molecule has 272 valence electrons. The van der Waals surface area contributed by atoms with Gasteiger partial charge in [-0.15, -0.1) is 0 Å². The minimum absolute atomic E-state index is 0.138. The first kappa shape index (κ1) is 37.2. The zero-order valence-electron chi connectivity index (χ0n) is 30.0. The van der Waals surface area contributed by atoms with E-state index in [1.807, 2.05) is 77.7 Å². The van der Waals surface area contributed by atoms with E-state index in [1.54, 1.807) is 11.1 Å². The van der Waals surface area contributed by atoms with Gasteiger partial charge in [-0.05, 0) is 77.6 Å². The maximum Gasteiger partial charge on any atom is 0.416 e. The van der Waals surface area contributed by atoms with Crippen molar-refractivity contribution >= 4 is 17.9 Å². The molecule has 4 aromatic carbocycles. The van der Waals surface area contributed by atoms with E-state index >= 15 is 0 Å². The van der Waals surface area contributed by atoms with Crippen LogP contribution in [0.5, 0.6) is 0 Å². The van der Waals surface area contributed by atoms with E-state index in [9.17, 15) is 22.8 Å². The monoisotopic (exact) mass is 716 g/mol. The number of piperazine rings is 1. The van der Waals surface area contributed by atoms with Crippen LogP contribution in [0.4, 0.5) is 13.2 Å². The number of rotatable bonds is 11. The molecule has 0 N–H and O–H groups in total. The van der Waals surface area contributed by atoms with Crippen molar-refractivity contribution in [1.29, 1.82) is 0 Å². The Morgan fingerprint density at radius 2 is 1.45 bits per heavy atom. The fourth-order valence-corrected chi connectivity index (χ4v) is 6.56. The van der Waals surface area contributed by atoms with Crippen molar-refractivity contribution < 1.29 is 22.8 Å². The van der Waals surface area contributed by atoms with Crippen LogP contribution < -0.4 is 0 Å². The lowest BCUT2D eigenvalue weighted by atomic mass is 10.0. The average molecular weight is 717 g/mol.